The van der Waals surface area contributed by atoms with E-state index in [0.717, 1.165) is 21.2 Å². The Labute approximate surface area is 161 Å². The molecule has 0 amide bonds. The van der Waals surface area contributed by atoms with Gasteiger partial charge in [0.1, 0.15) is 6.54 Å². The molecule has 0 fully saturated rings. The van der Waals surface area contributed by atoms with Crippen molar-refractivity contribution in [2.24, 2.45) is 0 Å². The second kappa shape index (κ2) is 9.00. The molecule has 0 aliphatic heterocycles. The van der Waals surface area contributed by atoms with Gasteiger partial charge >= 0.3 is 23.0 Å². The molecule has 27 heavy (non-hydrogen) atoms. The molecular formula is C17H33N3O5Si2. The largest absolute Gasteiger partial charge is 0.480 e. The summed E-state index contributed by atoms with van der Waals surface area (Å²) >= 11 is 0. The first-order valence-electron chi connectivity index (χ1n) is 9.39. The van der Waals surface area contributed by atoms with Crippen molar-refractivity contribution in [2.45, 2.75) is 83.8 Å². The van der Waals surface area contributed by atoms with E-state index in [0.29, 0.717) is 17.4 Å². The fraction of sp³-hybridized carbons (Fsp3) is 0.765. The van der Waals surface area contributed by atoms with Crippen LogP contribution >= 0.6 is 0 Å². The summed E-state index contributed by atoms with van der Waals surface area (Å²) in [7, 11) is -2.67. The number of carboxylic acid groups (broad SMARTS) is 1. The number of nitrogens with zero attached hydrogens (tertiary/aromatic N) is 3. The van der Waals surface area contributed by atoms with Crippen molar-refractivity contribution >= 4 is 22.1 Å². The summed E-state index contributed by atoms with van der Waals surface area (Å²) in [5, 5.41) is 9.05. The van der Waals surface area contributed by atoms with E-state index < -0.39 is 45.7 Å². The maximum atomic E-state index is 12.7. The van der Waals surface area contributed by atoms with Crippen molar-refractivity contribution in [3.8, 4) is 0 Å². The molecule has 0 spiro atoms. The third kappa shape index (κ3) is 7.45. The van der Waals surface area contributed by atoms with E-state index in [1.807, 2.05) is 0 Å². The van der Waals surface area contributed by atoms with Crippen LogP contribution in [0.25, 0.3) is 0 Å². The van der Waals surface area contributed by atoms with Gasteiger partial charge in [0.2, 0.25) is 0 Å². The molecule has 154 valence electrons. The van der Waals surface area contributed by atoms with E-state index in [1.165, 1.54) is 0 Å². The average Bonchev–Trinajstić information content (AvgIpc) is 2.48. The lowest BCUT2D eigenvalue weighted by atomic mass is 10.4. The van der Waals surface area contributed by atoms with E-state index in [2.05, 4.69) is 39.3 Å². The Morgan fingerprint density at radius 3 is 1.37 bits per heavy atom. The molecule has 0 unspecified atom stereocenters. The molecule has 0 aliphatic carbocycles. The Hall–Kier alpha value is -1.69. The molecule has 0 aliphatic rings. The first-order chi connectivity index (χ1) is 12.2. The molecule has 0 atom stereocenters. The number of aliphatic carboxylic acids is 1. The smallest absolute Gasteiger partial charge is 0.336 e. The fourth-order valence-electron chi connectivity index (χ4n) is 2.87. The van der Waals surface area contributed by atoms with Gasteiger partial charge in [0.15, 0.2) is 0 Å². The molecule has 0 aromatic carbocycles. The van der Waals surface area contributed by atoms with Crippen LogP contribution in [0.3, 0.4) is 0 Å². The zero-order valence-corrected chi connectivity index (χ0v) is 19.4. The fourth-order valence-corrected chi connectivity index (χ4v) is 5.31. The van der Waals surface area contributed by atoms with Crippen molar-refractivity contribution in [2.75, 3.05) is 0 Å². The monoisotopic (exact) mass is 415 g/mol. The molecule has 1 heterocycles. The SMILES string of the molecule is C[Si](C)(C)CCCn1c(=O)n(CCC[Si](C)(C)C)c(=O)n(CC(=O)O)c1=O. The highest BCUT2D eigenvalue weighted by Gasteiger charge is 2.19. The first kappa shape index (κ1) is 23.4. The second-order valence-corrected chi connectivity index (χ2v) is 20.7. The van der Waals surface area contributed by atoms with Gasteiger partial charge in [-0.1, -0.05) is 51.4 Å². The molecule has 1 N–H and O–H groups in total. The molecule has 10 heteroatoms. The number of aromatic nitrogens is 3. The van der Waals surface area contributed by atoms with Crippen LogP contribution < -0.4 is 17.1 Å². The van der Waals surface area contributed by atoms with Crippen LogP contribution in [0.1, 0.15) is 12.8 Å². The Morgan fingerprint density at radius 1 is 0.741 bits per heavy atom. The minimum Gasteiger partial charge on any atom is -0.480 e. The Morgan fingerprint density at radius 2 is 1.07 bits per heavy atom. The van der Waals surface area contributed by atoms with Crippen molar-refractivity contribution in [1.82, 2.24) is 13.7 Å². The third-order valence-electron chi connectivity index (χ3n) is 4.30. The maximum absolute atomic E-state index is 12.7. The highest BCUT2D eigenvalue weighted by molar-refractivity contribution is 6.76. The number of carbonyl (C=O) groups is 1. The Bertz CT molecular complexity index is 782. The maximum Gasteiger partial charge on any atom is 0.336 e. The zero-order chi connectivity index (χ0) is 21.0. The molecule has 0 bridgehead atoms. The normalized spacial score (nSPS) is 12.4. The van der Waals surface area contributed by atoms with Crippen molar-refractivity contribution < 1.29 is 9.90 Å². The van der Waals surface area contributed by atoms with E-state index in [4.69, 9.17) is 5.11 Å². The van der Waals surface area contributed by atoms with Gasteiger partial charge in [-0.3, -0.25) is 4.79 Å². The zero-order valence-electron chi connectivity index (χ0n) is 17.4. The van der Waals surface area contributed by atoms with Crippen LogP contribution in [0.5, 0.6) is 0 Å². The van der Waals surface area contributed by atoms with Crippen LogP contribution in [0.2, 0.25) is 51.4 Å². The highest BCUT2D eigenvalue weighted by Crippen LogP contribution is 2.12. The molecular weight excluding hydrogens is 382 g/mol. The Kier molecular flexibility index (Phi) is 7.79. The third-order valence-corrected chi connectivity index (χ3v) is 8.00. The van der Waals surface area contributed by atoms with Gasteiger partial charge in [0.25, 0.3) is 0 Å². The molecule has 1 aromatic heterocycles. The summed E-state index contributed by atoms with van der Waals surface area (Å²) in [6.07, 6.45) is 1.32. The van der Waals surface area contributed by atoms with Crippen LogP contribution in [0, 0.1) is 0 Å². The highest BCUT2D eigenvalue weighted by atomic mass is 28.3. The minimum atomic E-state index is -1.33. The Balaban J connectivity index is 3.30. The van der Waals surface area contributed by atoms with E-state index >= 15 is 0 Å². The lowest BCUT2D eigenvalue weighted by molar-refractivity contribution is -0.137. The summed E-state index contributed by atoms with van der Waals surface area (Å²) in [6, 6.07) is 1.87. The molecule has 8 nitrogen and oxygen atoms in total. The quantitative estimate of drug-likeness (QED) is 0.586. The summed E-state index contributed by atoms with van der Waals surface area (Å²) in [5.74, 6) is -1.28. The predicted molar refractivity (Wildman–Crippen MR) is 112 cm³/mol. The van der Waals surface area contributed by atoms with Crippen molar-refractivity contribution in [1.29, 1.82) is 0 Å². The topological polar surface area (TPSA) is 103 Å². The van der Waals surface area contributed by atoms with Crippen molar-refractivity contribution in [3.05, 3.63) is 31.5 Å². The van der Waals surface area contributed by atoms with Crippen molar-refractivity contribution in [3.63, 3.8) is 0 Å². The van der Waals surface area contributed by atoms with E-state index in [9.17, 15) is 19.2 Å². The lowest BCUT2D eigenvalue weighted by Gasteiger charge is -2.18. The summed E-state index contributed by atoms with van der Waals surface area (Å²) in [4.78, 5) is 48.9. The van der Waals surface area contributed by atoms with Gasteiger partial charge in [-0.2, -0.15) is 0 Å². The average molecular weight is 416 g/mol. The molecule has 0 radical (unpaired) electrons. The molecule has 1 aromatic rings. The standard InChI is InChI=1S/C17H33N3O5Si2/c1-26(2,3)11-7-9-18-15(23)19(10-8-12-27(4,5)6)17(25)20(16(18)24)13-14(21)22/h7-13H2,1-6H3,(H,21,22). The van der Waals surface area contributed by atoms with E-state index in [1.54, 1.807) is 0 Å². The van der Waals surface area contributed by atoms with Crippen LogP contribution in [-0.2, 0) is 24.4 Å². The van der Waals surface area contributed by atoms with Gasteiger partial charge in [0.05, 0.1) is 0 Å². The van der Waals surface area contributed by atoms with Gasteiger partial charge in [0, 0.05) is 29.2 Å². The molecule has 1 rings (SSSR count). The van der Waals surface area contributed by atoms with Gasteiger partial charge in [-0.05, 0) is 12.8 Å². The summed E-state index contributed by atoms with van der Waals surface area (Å²) in [6.45, 7) is 12.9. The predicted octanol–water partition coefficient (Wildman–Crippen LogP) is 1.71. The lowest BCUT2D eigenvalue weighted by Crippen LogP contribution is -2.55. The van der Waals surface area contributed by atoms with Gasteiger partial charge in [-0.25, -0.2) is 28.1 Å². The number of carboxylic acids is 1. The number of rotatable bonds is 10. The number of hydrogen-bond donors (Lipinski definition) is 1. The van der Waals surface area contributed by atoms with Gasteiger partial charge in [-0.15, -0.1) is 0 Å². The van der Waals surface area contributed by atoms with Gasteiger partial charge < -0.3 is 5.11 Å². The van der Waals surface area contributed by atoms with Crippen LogP contribution in [0.15, 0.2) is 14.4 Å². The molecule has 0 saturated heterocycles. The van der Waals surface area contributed by atoms with E-state index in [-0.39, 0.29) is 13.1 Å². The molecule has 0 saturated carbocycles. The summed E-state index contributed by atoms with van der Waals surface area (Å²) < 4.78 is 2.71. The minimum absolute atomic E-state index is 0.204. The van der Waals surface area contributed by atoms with Crippen LogP contribution in [-0.4, -0.2) is 40.9 Å². The first-order valence-corrected chi connectivity index (χ1v) is 16.8. The summed E-state index contributed by atoms with van der Waals surface area (Å²) in [5.41, 5.74) is -2.29. The number of hydrogen-bond acceptors (Lipinski definition) is 4. The van der Waals surface area contributed by atoms with Crippen LogP contribution in [0.4, 0.5) is 0 Å². The second-order valence-electron chi connectivity index (χ2n) is 9.46.